The highest BCUT2D eigenvalue weighted by Crippen LogP contribution is 2.16. The van der Waals surface area contributed by atoms with Crippen molar-refractivity contribution < 1.29 is 24.2 Å². The van der Waals surface area contributed by atoms with Gasteiger partial charge in [0.25, 0.3) is 0 Å². The number of aromatic carboxylic acids is 1. The molecule has 1 aromatic carbocycles. The zero-order valence-electron chi connectivity index (χ0n) is 11.8. The molecule has 1 rings (SSSR count). The van der Waals surface area contributed by atoms with Crippen LogP contribution < -0.4 is 5.32 Å². The van der Waals surface area contributed by atoms with Crippen molar-refractivity contribution in [3.05, 3.63) is 29.6 Å². The summed E-state index contributed by atoms with van der Waals surface area (Å²) in [7, 11) is 0. The second kappa shape index (κ2) is 8.21. The van der Waals surface area contributed by atoms with Crippen LogP contribution >= 0.6 is 0 Å². The van der Waals surface area contributed by atoms with Gasteiger partial charge in [0, 0.05) is 13.1 Å². The van der Waals surface area contributed by atoms with Crippen LogP contribution in [0.1, 0.15) is 30.1 Å². The molecule has 0 aliphatic heterocycles. The van der Waals surface area contributed by atoms with Crippen LogP contribution in [0.3, 0.4) is 0 Å². The number of rotatable bonds is 7. The smallest absolute Gasteiger partial charge is 0.335 e. The Morgan fingerprint density at radius 2 is 2.05 bits per heavy atom. The summed E-state index contributed by atoms with van der Waals surface area (Å²) < 4.78 is 13.7. The minimum Gasteiger partial charge on any atom is -0.478 e. The molecule has 0 radical (unpaired) electrons. The molecule has 6 nitrogen and oxygen atoms in total. The van der Waals surface area contributed by atoms with Gasteiger partial charge in [-0.3, -0.25) is 0 Å². The molecule has 7 heteroatoms. The van der Waals surface area contributed by atoms with Gasteiger partial charge in [0.2, 0.25) is 0 Å². The van der Waals surface area contributed by atoms with Crippen LogP contribution in [-0.2, 0) is 0 Å². The third kappa shape index (κ3) is 5.03. The molecule has 0 heterocycles. The van der Waals surface area contributed by atoms with E-state index in [-0.39, 0.29) is 24.4 Å². The number of aliphatic hydroxyl groups is 1. The molecule has 0 aliphatic rings. The first-order valence-corrected chi connectivity index (χ1v) is 6.69. The quantitative estimate of drug-likeness (QED) is 0.719. The number of carbonyl (C=O) groups is 2. The number of nitrogens with zero attached hydrogens (tertiary/aromatic N) is 1. The van der Waals surface area contributed by atoms with Gasteiger partial charge >= 0.3 is 12.0 Å². The van der Waals surface area contributed by atoms with Crippen molar-refractivity contribution in [2.24, 2.45) is 0 Å². The predicted octanol–water partition coefficient (Wildman–Crippen LogP) is 2.15. The fraction of sp³-hybridized carbons (Fsp3) is 0.429. The minimum atomic E-state index is -1.24. The molecule has 0 unspecified atom stereocenters. The molecule has 0 saturated carbocycles. The van der Waals surface area contributed by atoms with Crippen LogP contribution in [0.15, 0.2) is 18.2 Å². The molecule has 0 spiro atoms. The zero-order chi connectivity index (χ0) is 15.8. The fourth-order valence-corrected chi connectivity index (χ4v) is 1.73. The maximum absolute atomic E-state index is 13.7. The summed E-state index contributed by atoms with van der Waals surface area (Å²) in [6, 6.07) is 2.73. The molecule has 1 aromatic rings. The van der Waals surface area contributed by atoms with E-state index in [1.807, 2.05) is 6.92 Å². The zero-order valence-corrected chi connectivity index (χ0v) is 11.8. The number of aliphatic hydroxyl groups excluding tert-OH is 1. The number of carbonyl (C=O) groups excluding carboxylic acids is 1. The van der Waals surface area contributed by atoms with Crippen molar-refractivity contribution in [1.82, 2.24) is 4.90 Å². The van der Waals surface area contributed by atoms with Gasteiger partial charge in [-0.2, -0.15) is 0 Å². The number of urea groups is 1. The van der Waals surface area contributed by atoms with Gasteiger partial charge in [0.15, 0.2) is 0 Å². The van der Waals surface area contributed by atoms with E-state index >= 15 is 0 Å². The molecule has 21 heavy (non-hydrogen) atoms. The Hall–Kier alpha value is -2.15. The summed E-state index contributed by atoms with van der Waals surface area (Å²) in [5.41, 5.74) is -0.284. The number of anilines is 1. The Bertz CT molecular complexity index is 508. The van der Waals surface area contributed by atoms with Crippen LogP contribution in [0, 0.1) is 5.82 Å². The van der Waals surface area contributed by atoms with Crippen molar-refractivity contribution in [2.45, 2.75) is 19.8 Å². The Kier molecular flexibility index (Phi) is 6.61. The maximum atomic E-state index is 13.7. The molecule has 2 amide bonds. The normalized spacial score (nSPS) is 10.2. The lowest BCUT2D eigenvalue weighted by Crippen LogP contribution is -2.38. The van der Waals surface area contributed by atoms with E-state index in [9.17, 15) is 14.0 Å². The van der Waals surface area contributed by atoms with E-state index in [1.54, 1.807) is 0 Å². The molecule has 0 saturated heterocycles. The van der Waals surface area contributed by atoms with E-state index in [0.29, 0.717) is 6.54 Å². The number of benzene rings is 1. The largest absolute Gasteiger partial charge is 0.478 e. The number of carboxylic acid groups (broad SMARTS) is 1. The lowest BCUT2D eigenvalue weighted by atomic mass is 10.2. The summed E-state index contributed by atoms with van der Waals surface area (Å²) in [4.78, 5) is 24.1. The van der Waals surface area contributed by atoms with Crippen LogP contribution in [0.25, 0.3) is 0 Å². The maximum Gasteiger partial charge on any atom is 0.335 e. The average Bonchev–Trinajstić information content (AvgIpc) is 2.45. The number of carboxylic acids is 1. The van der Waals surface area contributed by atoms with Crippen LogP contribution in [0.4, 0.5) is 14.9 Å². The Morgan fingerprint density at radius 1 is 1.33 bits per heavy atom. The van der Waals surface area contributed by atoms with Crippen molar-refractivity contribution in [3.63, 3.8) is 0 Å². The van der Waals surface area contributed by atoms with E-state index in [2.05, 4.69) is 5.32 Å². The summed E-state index contributed by atoms with van der Waals surface area (Å²) in [6.45, 7) is 2.40. The van der Waals surface area contributed by atoms with Crippen molar-refractivity contribution >= 4 is 17.7 Å². The highest BCUT2D eigenvalue weighted by Gasteiger charge is 2.15. The average molecular weight is 298 g/mol. The Balaban J connectivity index is 2.78. The van der Waals surface area contributed by atoms with E-state index in [1.165, 1.54) is 17.0 Å². The molecule has 0 aromatic heterocycles. The lowest BCUT2D eigenvalue weighted by Gasteiger charge is -2.22. The van der Waals surface area contributed by atoms with Gasteiger partial charge in [-0.15, -0.1) is 0 Å². The van der Waals surface area contributed by atoms with Gasteiger partial charge < -0.3 is 20.4 Å². The topological polar surface area (TPSA) is 89.9 Å². The molecular weight excluding hydrogens is 279 g/mol. The molecule has 0 atom stereocenters. The molecule has 0 bridgehead atoms. The predicted molar refractivity (Wildman–Crippen MR) is 75.9 cm³/mol. The number of nitrogens with one attached hydrogen (secondary N) is 1. The Morgan fingerprint density at radius 3 is 2.57 bits per heavy atom. The first kappa shape index (κ1) is 16.9. The SMILES string of the molecule is CCCCN(CCO)C(=O)Nc1ccc(C(=O)O)cc1F. The van der Waals surface area contributed by atoms with Gasteiger partial charge in [-0.05, 0) is 24.6 Å². The van der Waals surface area contributed by atoms with Crippen molar-refractivity contribution in [1.29, 1.82) is 0 Å². The number of amides is 2. The van der Waals surface area contributed by atoms with E-state index in [0.717, 1.165) is 18.9 Å². The monoisotopic (exact) mass is 298 g/mol. The van der Waals surface area contributed by atoms with Gasteiger partial charge in [-0.1, -0.05) is 13.3 Å². The first-order valence-electron chi connectivity index (χ1n) is 6.69. The summed E-state index contributed by atoms with van der Waals surface area (Å²) >= 11 is 0. The highest BCUT2D eigenvalue weighted by atomic mass is 19.1. The fourth-order valence-electron chi connectivity index (χ4n) is 1.73. The molecule has 116 valence electrons. The minimum absolute atomic E-state index is 0.0931. The third-order valence-corrected chi connectivity index (χ3v) is 2.90. The standard InChI is InChI=1S/C14H19FN2O4/c1-2-3-6-17(7-8-18)14(21)16-12-5-4-10(13(19)20)9-11(12)15/h4-5,9,18H,2-3,6-8H2,1H3,(H,16,21)(H,19,20). The number of unbranched alkanes of at least 4 members (excludes halogenated alkanes) is 1. The van der Waals surface area contributed by atoms with Crippen molar-refractivity contribution in [3.8, 4) is 0 Å². The Labute approximate surface area is 122 Å². The van der Waals surface area contributed by atoms with Crippen LogP contribution in [-0.4, -0.2) is 46.8 Å². The number of hydrogen-bond acceptors (Lipinski definition) is 3. The molecular formula is C14H19FN2O4. The molecule has 0 aliphatic carbocycles. The third-order valence-electron chi connectivity index (χ3n) is 2.90. The second-order valence-corrected chi connectivity index (χ2v) is 4.49. The van der Waals surface area contributed by atoms with Crippen LogP contribution in [0.5, 0.6) is 0 Å². The van der Waals surface area contributed by atoms with Crippen LogP contribution in [0.2, 0.25) is 0 Å². The molecule has 3 N–H and O–H groups in total. The van der Waals surface area contributed by atoms with E-state index in [4.69, 9.17) is 10.2 Å². The van der Waals surface area contributed by atoms with Gasteiger partial charge in [0.1, 0.15) is 5.82 Å². The van der Waals surface area contributed by atoms with E-state index < -0.39 is 17.8 Å². The second-order valence-electron chi connectivity index (χ2n) is 4.49. The van der Waals surface area contributed by atoms with Gasteiger partial charge in [-0.25, -0.2) is 14.0 Å². The number of halogens is 1. The highest BCUT2D eigenvalue weighted by molar-refractivity contribution is 5.91. The number of hydrogen-bond donors (Lipinski definition) is 3. The summed E-state index contributed by atoms with van der Waals surface area (Å²) in [5, 5.41) is 20.1. The first-order chi connectivity index (χ1) is 9.99. The molecule has 0 fully saturated rings. The summed E-state index contributed by atoms with van der Waals surface area (Å²) in [6.07, 6.45) is 1.66. The van der Waals surface area contributed by atoms with Gasteiger partial charge in [0.05, 0.1) is 17.9 Å². The summed E-state index contributed by atoms with van der Waals surface area (Å²) in [5.74, 6) is -2.06. The lowest BCUT2D eigenvalue weighted by molar-refractivity contribution is 0.0696. The van der Waals surface area contributed by atoms with Crippen molar-refractivity contribution in [2.75, 3.05) is 25.0 Å².